The lowest BCUT2D eigenvalue weighted by atomic mass is 9.92. The Morgan fingerprint density at radius 3 is 2.04 bits per heavy atom. The zero-order chi connectivity index (χ0) is 19.5. The van der Waals surface area contributed by atoms with Crippen molar-refractivity contribution in [1.82, 2.24) is 4.90 Å². The number of hydrogen-bond acceptors (Lipinski definition) is 4. The third-order valence-corrected chi connectivity index (χ3v) is 5.75. The van der Waals surface area contributed by atoms with Crippen LogP contribution in [0.5, 0.6) is 0 Å². The SMILES string of the molecule is CC(C)c1cccc(C(C)C)c1N(CC(=O)N1CCOCC1)S(C)(=O)=O. The molecule has 0 saturated carbocycles. The first-order valence-corrected chi connectivity index (χ1v) is 10.9. The Hall–Kier alpha value is -1.60. The highest BCUT2D eigenvalue weighted by Gasteiger charge is 2.29. The van der Waals surface area contributed by atoms with Crippen molar-refractivity contribution in [2.24, 2.45) is 0 Å². The first-order chi connectivity index (χ1) is 12.1. The normalized spacial score (nSPS) is 15.6. The molecule has 0 bridgehead atoms. The second-order valence-electron chi connectivity index (χ2n) is 7.36. The van der Waals surface area contributed by atoms with Crippen LogP contribution >= 0.6 is 0 Å². The predicted octanol–water partition coefficient (Wildman–Crippen LogP) is 2.56. The van der Waals surface area contributed by atoms with Crippen LogP contribution < -0.4 is 4.31 Å². The molecule has 1 amide bonds. The highest BCUT2D eigenvalue weighted by Crippen LogP contribution is 2.36. The van der Waals surface area contributed by atoms with Crippen molar-refractivity contribution in [3.05, 3.63) is 29.3 Å². The van der Waals surface area contributed by atoms with E-state index < -0.39 is 10.0 Å². The summed E-state index contributed by atoms with van der Waals surface area (Å²) in [6, 6.07) is 5.85. The molecule has 146 valence electrons. The van der Waals surface area contributed by atoms with Gasteiger partial charge >= 0.3 is 0 Å². The van der Waals surface area contributed by atoms with Crippen LogP contribution in [0.4, 0.5) is 5.69 Å². The predicted molar refractivity (Wildman–Crippen MR) is 104 cm³/mol. The molecule has 1 fully saturated rings. The van der Waals surface area contributed by atoms with Gasteiger partial charge in [0.15, 0.2) is 0 Å². The van der Waals surface area contributed by atoms with E-state index in [1.165, 1.54) is 10.6 Å². The number of sulfonamides is 1. The van der Waals surface area contributed by atoms with E-state index in [-0.39, 0.29) is 24.3 Å². The van der Waals surface area contributed by atoms with E-state index in [4.69, 9.17) is 4.74 Å². The molecule has 1 aromatic carbocycles. The fraction of sp³-hybridized carbons (Fsp3) is 0.632. The van der Waals surface area contributed by atoms with Crippen molar-refractivity contribution in [3.8, 4) is 0 Å². The number of rotatable bonds is 6. The van der Waals surface area contributed by atoms with E-state index in [2.05, 4.69) is 0 Å². The van der Waals surface area contributed by atoms with Gasteiger partial charge in [0.2, 0.25) is 15.9 Å². The van der Waals surface area contributed by atoms with Crippen molar-refractivity contribution in [3.63, 3.8) is 0 Å². The summed E-state index contributed by atoms with van der Waals surface area (Å²) >= 11 is 0. The molecule has 1 aliphatic rings. The Morgan fingerprint density at radius 1 is 1.12 bits per heavy atom. The van der Waals surface area contributed by atoms with Crippen molar-refractivity contribution in [1.29, 1.82) is 0 Å². The molecule has 0 N–H and O–H groups in total. The van der Waals surface area contributed by atoms with Crippen molar-refractivity contribution in [2.45, 2.75) is 39.5 Å². The lowest BCUT2D eigenvalue weighted by Gasteiger charge is -2.32. The van der Waals surface area contributed by atoms with Gasteiger partial charge in [0, 0.05) is 13.1 Å². The average Bonchev–Trinajstić information content (AvgIpc) is 2.58. The number of carbonyl (C=O) groups is 1. The molecule has 0 aliphatic carbocycles. The van der Waals surface area contributed by atoms with Crippen LogP contribution in [0.1, 0.15) is 50.7 Å². The van der Waals surface area contributed by atoms with Gasteiger partial charge in [0.25, 0.3) is 0 Å². The van der Waals surface area contributed by atoms with Gasteiger partial charge in [-0.3, -0.25) is 9.10 Å². The monoisotopic (exact) mass is 382 g/mol. The van der Waals surface area contributed by atoms with Crippen molar-refractivity contribution >= 4 is 21.6 Å². The second-order valence-corrected chi connectivity index (χ2v) is 9.26. The molecule has 6 nitrogen and oxygen atoms in total. The highest BCUT2D eigenvalue weighted by molar-refractivity contribution is 7.92. The summed E-state index contributed by atoms with van der Waals surface area (Å²) in [5, 5.41) is 0. The standard InChI is InChI=1S/C19H30N2O4S/c1-14(2)16-7-6-8-17(15(3)4)19(16)21(26(5,23)24)13-18(22)20-9-11-25-12-10-20/h6-8,14-15H,9-13H2,1-5H3. The smallest absolute Gasteiger partial charge is 0.243 e. The van der Waals surface area contributed by atoms with Crippen LogP contribution in [0.2, 0.25) is 0 Å². The number of hydrogen-bond donors (Lipinski definition) is 0. The van der Waals surface area contributed by atoms with E-state index >= 15 is 0 Å². The molecule has 0 atom stereocenters. The summed E-state index contributed by atoms with van der Waals surface area (Å²) in [6.45, 7) is 9.94. The number of ether oxygens (including phenoxy) is 1. The summed E-state index contributed by atoms with van der Waals surface area (Å²) in [5.41, 5.74) is 2.54. The molecule has 1 aromatic rings. The zero-order valence-corrected chi connectivity index (χ0v) is 17.2. The van der Waals surface area contributed by atoms with Gasteiger partial charge < -0.3 is 9.64 Å². The van der Waals surface area contributed by atoms with Gasteiger partial charge in [0.05, 0.1) is 25.2 Å². The number of benzene rings is 1. The number of amides is 1. The second kappa shape index (κ2) is 8.39. The lowest BCUT2D eigenvalue weighted by molar-refractivity contribution is -0.133. The first-order valence-electron chi connectivity index (χ1n) is 9.09. The minimum absolute atomic E-state index is 0.145. The largest absolute Gasteiger partial charge is 0.378 e. The summed E-state index contributed by atoms with van der Waals surface area (Å²) < 4.78 is 31.8. The number of morpholine rings is 1. The Labute approximate surface area is 157 Å². The van der Waals surface area contributed by atoms with Crippen molar-refractivity contribution < 1.29 is 17.9 Å². The van der Waals surface area contributed by atoms with E-state index in [0.717, 1.165) is 11.1 Å². The maximum Gasteiger partial charge on any atom is 0.243 e. The molecular formula is C19H30N2O4S. The molecule has 26 heavy (non-hydrogen) atoms. The molecule has 1 saturated heterocycles. The molecule has 1 heterocycles. The van der Waals surface area contributed by atoms with Crippen LogP contribution in [0.15, 0.2) is 18.2 Å². The lowest BCUT2D eigenvalue weighted by Crippen LogP contribution is -2.47. The zero-order valence-electron chi connectivity index (χ0n) is 16.4. The highest BCUT2D eigenvalue weighted by atomic mass is 32.2. The van der Waals surface area contributed by atoms with Gasteiger partial charge in [-0.15, -0.1) is 0 Å². The molecular weight excluding hydrogens is 352 g/mol. The van der Waals surface area contributed by atoms with E-state index in [0.29, 0.717) is 32.0 Å². The first kappa shape index (κ1) is 20.7. The van der Waals surface area contributed by atoms with Gasteiger partial charge in [-0.05, 0) is 23.0 Å². The van der Waals surface area contributed by atoms with Crippen LogP contribution in [-0.2, 0) is 19.6 Å². The molecule has 0 spiro atoms. The summed E-state index contributed by atoms with van der Waals surface area (Å²) in [5.74, 6) is 0.102. The third kappa shape index (κ3) is 4.76. The summed E-state index contributed by atoms with van der Waals surface area (Å²) in [4.78, 5) is 14.4. The van der Waals surface area contributed by atoms with E-state index in [1.54, 1.807) is 4.90 Å². The van der Waals surface area contributed by atoms with Gasteiger partial charge in [-0.2, -0.15) is 0 Å². The van der Waals surface area contributed by atoms with Gasteiger partial charge in [0.1, 0.15) is 6.54 Å². The number of nitrogens with zero attached hydrogens (tertiary/aromatic N) is 2. The fourth-order valence-electron chi connectivity index (χ4n) is 3.20. The van der Waals surface area contributed by atoms with E-state index in [9.17, 15) is 13.2 Å². The summed E-state index contributed by atoms with van der Waals surface area (Å²) in [6.07, 6.45) is 1.17. The molecule has 0 unspecified atom stereocenters. The fourth-order valence-corrected chi connectivity index (χ4v) is 4.08. The summed E-state index contributed by atoms with van der Waals surface area (Å²) in [7, 11) is -3.61. The van der Waals surface area contributed by atoms with Crippen molar-refractivity contribution in [2.75, 3.05) is 43.4 Å². The Morgan fingerprint density at radius 2 is 1.62 bits per heavy atom. The third-order valence-electron chi connectivity index (χ3n) is 4.63. The van der Waals surface area contributed by atoms with Crippen LogP contribution in [0.25, 0.3) is 0 Å². The molecule has 0 aromatic heterocycles. The minimum atomic E-state index is -3.61. The molecule has 0 radical (unpaired) electrons. The quantitative estimate of drug-likeness (QED) is 0.758. The molecule has 2 rings (SSSR count). The van der Waals surface area contributed by atoms with Crippen LogP contribution in [0, 0.1) is 0 Å². The van der Waals surface area contributed by atoms with E-state index in [1.807, 2.05) is 45.9 Å². The van der Waals surface area contributed by atoms with Crippen LogP contribution in [0.3, 0.4) is 0 Å². The Bertz CT molecular complexity index is 712. The van der Waals surface area contributed by atoms with Crippen LogP contribution in [-0.4, -0.2) is 58.3 Å². The topological polar surface area (TPSA) is 66.9 Å². The van der Waals surface area contributed by atoms with Gasteiger partial charge in [-0.25, -0.2) is 8.42 Å². The Balaban J connectivity index is 2.49. The average molecular weight is 383 g/mol. The maximum absolute atomic E-state index is 12.8. The maximum atomic E-state index is 12.8. The molecule has 7 heteroatoms. The minimum Gasteiger partial charge on any atom is -0.378 e. The number of carbonyl (C=O) groups excluding carboxylic acids is 1. The van der Waals surface area contributed by atoms with Gasteiger partial charge in [-0.1, -0.05) is 45.9 Å². The number of anilines is 1. The number of para-hydroxylation sites is 1. The molecule has 1 aliphatic heterocycles. The Kier molecular flexibility index (Phi) is 6.69.